The van der Waals surface area contributed by atoms with Crippen LogP contribution in [-0.2, 0) is 11.2 Å². The minimum absolute atomic E-state index is 0.0194. The van der Waals surface area contributed by atoms with Gasteiger partial charge in [0.05, 0.1) is 0 Å². The van der Waals surface area contributed by atoms with Gasteiger partial charge in [0, 0.05) is 6.42 Å². The Balaban J connectivity index is 2.27. The molecule has 1 N–H and O–H groups in total. The van der Waals surface area contributed by atoms with Crippen LogP contribution in [0.1, 0.15) is 22.3 Å². The third-order valence-corrected chi connectivity index (χ3v) is 3.67. The second-order valence-electron chi connectivity index (χ2n) is 5.45. The van der Waals surface area contributed by atoms with E-state index in [1.807, 2.05) is 26.8 Å². The third-order valence-electron chi connectivity index (χ3n) is 3.67. The van der Waals surface area contributed by atoms with E-state index in [-0.39, 0.29) is 6.42 Å². The van der Waals surface area contributed by atoms with Crippen molar-refractivity contribution in [3.05, 3.63) is 64.5 Å². The molecule has 22 heavy (non-hydrogen) atoms. The van der Waals surface area contributed by atoms with Crippen molar-refractivity contribution in [1.29, 1.82) is 0 Å². The Morgan fingerprint density at radius 2 is 1.91 bits per heavy atom. The second kappa shape index (κ2) is 6.60. The first-order chi connectivity index (χ1) is 10.4. The third kappa shape index (κ3) is 3.64. The van der Waals surface area contributed by atoms with Gasteiger partial charge in [0.2, 0.25) is 0 Å². The van der Waals surface area contributed by atoms with Crippen molar-refractivity contribution in [3.8, 4) is 5.75 Å². The van der Waals surface area contributed by atoms with Gasteiger partial charge in [-0.05, 0) is 55.2 Å². The number of hydrogen-bond donors (Lipinski definition) is 1. The van der Waals surface area contributed by atoms with Crippen molar-refractivity contribution < 1.29 is 19.0 Å². The number of halogens is 1. The van der Waals surface area contributed by atoms with E-state index in [9.17, 15) is 14.3 Å². The highest BCUT2D eigenvalue weighted by Crippen LogP contribution is 2.25. The van der Waals surface area contributed by atoms with Crippen LogP contribution in [0.5, 0.6) is 5.75 Å². The molecule has 0 heterocycles. The highest BCUT2D eigenvalue weighted by Gasteiger charge is 2.22. The van der Waals surface area contributed by atoms with Gasteiger partial charge in [0.25, 0.3) is 0 Å². The average molecular weight is 302 g/mol. The SMILES string of the molecule is Cc1cc(C)c(C)c(OC(Cc2ccccc2F)C(=O)O)c1. The van der Waals surface area contributed by atoms with Crippen molar-refractivity contribution in [1.82, 2.24) is 0 Å². The number of ether oxygens (including phenoxy) is 1. The molecule has 3 nitrogen and oxygen atoms in total. The van der Waals surface area contributed by atoms with Crippen LogP contribution in [0.25, 0.3) is 0 Å². The fourth-order valence-electron chi connectivity index (χ4n) is 2.32. The van der Waals surface area contributed by atoms with Gasteiger partial charge in [0.1, 0.15) is 11.6 Å². The summed E-state index contributed by atoms with van der Waals surface area (Å²) in [6, 6.07) is 9.96. The van der Waals surface area contributed by atoms with E-state index >= 15 is 0 Å². The number of aryl methyl sites for hydroxylation is 2. The van der Waals surface area contributed by atoms with Gasteiger partial charge >= 0.3 is 5.97 Å². The topological polar surface area (TPSA) is 46.5 Å². The number of carboxylic acids is 1. The molecule has 1 unspecified atom stereocenters. The number of rotatable bonds is 5. The first kappa shape index (κ1) is 16.0. The summed E-state index contributed by atoms with van der Waals surface area (Å²) in [6.07, 6.45) is -1.15. The summed E-state index contributed by atoms with van der Waals surface area (Å²) in [7, 11) is 0. The Bertz CT molecular complexity index is 695. The lowest BCUT2D eigenvalue weighted by Gasteiger charge is -2.18. The molecular formula is C18H19FO3. The van der Waals surface area contributed by atoms with Crippen LogP contribution < -0.4 is 4.74 Å². The van der Waals surface area contributed by atoms with Crippen LogP contribution in [0, 0.1) is 26.6 Å². The lowest BCUT2D eigenvalue weighted by molar-refractivity contribution is -0.145. The Morgan fingerprint density at radius 1 is 1.23 bits per heavy atom. The van der Waals surface area contributed by atoms with Crippen LogP contribution in [0.3, 0.4) is 0 Å². The second-order valence-corrected chi connectivity index (χ2v) is 5.45. The van der Waals surface area contributed by atoms with E-state index in [0.717, 1.165) is 16.7 Å². The van der Waals surface area contributed by atoms with E-state index in [0.29, 0.717) is 11.3 Å². The molecule has 0 spiro atoms. The zero-order chi connectivity index (χ0) is 16.3. The van der Waals surface area contributed by atoms with E-state index in [2.05, 4.69) is 0 Å². The summed E-state index contributed by atoms with van der Waals surface area (Å²) in [5, 5.41) is 9.37. The van der Waals surface area contributed by atoms with Crippen molar-refractivity contribution in [2.75, 3.05) is 0 Å². The molecule has 0 aliphatic rings. The molecule has 0 amide bonds. The molecule has 0 aromatic heterocycles. The summed E-state index contributed by atoms with van der Waals surface area (Å²) >= 11 is 0. The van der Waals surface area contributed by atoms with Gasteiger partial charge < -0.3 is 9.84 Å². The van der Waals surface area contributed by atoms with Crippen LogP contribution in [0.4, 0.5) is 4.39 Å². The lowest BCUT2D eigenvalue weighted by Crippen LogP contribution is -2.30. The first-order valence-electron chi connectivity index (χ1n) is 7.09. The standard InChI is InChI=1S/C18H19FO3/c1-11-8-12(2)13(3)16(9-11)22-17(18(20)21)10-14-6-4-5-7-15(14)19/h4-9,17H,10H2,1-3H3,(H,20,21). The quantitative estimate of drug-likeness (QED) is 0.913. The number of aliphatic carboxylic acids is 1. The fourth-order valence-corrected chi connectivity index (χ4v) is 2.32. The molecule has 0 aliphatic carbocycles. The maximum atomic E-state index is 13.7. The van der Waals surface area contributed by atoms with Crippen LogP contribution in [0.2, 0.25) is 0 Å². The molecule has 4 heteroatoms. The Hall–Kier alpha value is -2.36. The van der Waals surface area contributed by atoms with Crippen molar-refractivity contribution >= 4 is 5.97 Å². The van der Waals surface area contributed by atoms with Gasteiger partial charge in [-0.2, -0.15) is 0 Å². The largest absolute Gasteiger partial charge is 0.478 e. The van der Waals surface area contributed by atoms with E-state index < -0.39 is 17.9 Å². The maximum absolute atomic E-state index is 13.7. The van der Waals surface area contributed by atoms with Gasteiger partial charge in [0.15, 0.2) is 6.10 Å². The Labute approximate surface area is 129 Å². The van der Waals surface area contributed by atoms with Crippen LogP contribution in [-0.4, -0.2) is 17.2 Å². The fraction of sp³-hybridized carbons (Fsp3) is 0.278. The molecule has 1 atom stereocenters. The molecule has 116 valence electrons. The highest BCUT2D eigenvalue weighted by atomic mass is 19.1. The van der Waals surface area contributed by atoms with Gasteiger partial charge in [-0.15, -0.1) is 0 Å². The van der Waals surface area contributed by atoms with Gasteiger partial charge in [-0.1, -0.05) is 24.3 Å². The molecule has 2 aromatic rings. The molecule has 2 rings (SSSR count). The minimum atomic E-state index is -1.13. The number of hydrogen-bond acceptors (Lipinski definition) is 2. The summed E-state index contributed by atoms with van der Waals surface area (Å²) in [5.74, 6) is -1.00. The van der Waals surface area contributed by atoms with Crippen molar-refractivity contribution in [2.45, 2.75) is 33.3 Å². The average Bonchev–Trinajstić information content (AvgIpc) is 2.45. The van der Waals surface area contributed by atoms with Gasteiger partial charge in [-0.3, -0.25) is 0 Å². The molecule has 2 aromatic carbocycles. The van der Waals surface area contributed by atoms with Crippen molar-refractivity contribution in [2.24, 2.45) is 0 Å². The Morgan fingerprint density at radius 3 is 2.55 bits per heavy atom. The zero-order valence-electron chi connectivity index (χ0n) is 12.9. The Kier molecular flexibility index (Phi) is 4.81. The molecule has 0 radical (unpaired) electrons. The number of carboxylic acid groups (broad SMARTS) is 1. The molecule has 0 aliphatic heterocycles. The van der Waals surface area contributed by atoms with E-state index in [1.54, 1.807) is 24.3 Å². The van der Waals surface area contributed by atoms with Gasteiger partial charge in [-0.25, -0.2) is 9.18 Å². The summed E-state index contributed by atoms with van der Waals surface area (Å²) in [6.45, 7) is 5.75. The summed E-state index contributed by atoms with van der Waals surface area (Å²) < 4.78 is 19.4. The predicted molar refractivity (Wildman–Crippen MR) is 82.8 cm³/mol. The smallest absolute Gasteiger partial charge is 0.345 e. The summed E-state index contributed by atoms with van der Waals surface area (Å²) in [5.41, 5.74) is 3.25. The molecule has 0 fully saturated rings. The van der Waals surface area contributed by atoms with Crippen LogP contribution >= 0.6 is 0 Å². The minimum Gasteiger partial charge on any atom is -0.478 e. The lowest BCUT2D eigenvalue weighted by atomic mass is 10.0. The predicted octanol–water partition coefficient (Wildman–Crippen LogP) is 3.83. The maximum Gasteiger partial charge on any atom is 0.345 e. The van der Waals surface area contributed by atoms with Crippen molar-refractivity contribution in [3.63, 3.8) is 0 Å². The zero-order valence-corrected chi connectivity index (χ0v) is 12.9. The molecule has 0 saturated carbocycles. The van der Waals surface area contributed by atoms with Crippen LogP contribution in [0.15, 0.2) is 36.4 Å². The number of benzene rings is 2. The molecular weight excluding hydrogens is 283 g/mol. The highest BCUT2D eigenvalue weighted by molar-refractivity contribution is 5.73. The molecule has 0 saturated heterocycles. The summed E-state index contributed by atoms with van der Waals surface area (Å²) in [4.78, 5) is 11.5. The normalized spacial score (nSPS) is 12.0. The molecule has 0 bridgehead atoms. The monoisotopic (exact) mass is 302 g/mol. The van der Waals surface area contributed by atoms with E-state index in [4.69, 9.17) is 4.74 Å². The number of carbonyl (C=O) groups is 1. The van der Waals surface area contributed by atoms with E-state index in [1.165, 1.54) is 6.07 Å². The first-order valence-corrected chi connectivity index (χ1v) is 7.09.